The summed E-state index contributed by atoms with van der Waals surface area (Å²) < 4.78 is 50.3. The number of likely N-dealkylation sites (tertiary alicyclic amines) is 1. The molecule has 1 amide bonds. The van der Waals surface area contributed by atoms with Gasteiger partial charge in [-0.25, -0.2) is 23.4 Å². The molecule has 0 aliphatic carbocycles. The molecular formula is C31H29F3N8O2. The zero-order chi connectivity index (χ0) is 30.8. The van der Waals surface area contributed by atoms with E-state index in [1.807, 2.05) is 0 Å². The maximum absolute atomic E-state index is 15.5. The summed E-state index contributed by atoms with van der Waals surface area (Å²) in [5.74, 6) is -3.55. The topological polar surface area (TPSA) is 135 Å². The Balaban J connectivity index is 1.30. The first-order valence-electron chi connectivity index (χ1n) is 14.4. The standard InChI is InChI=1S/C31H29F3N8O2/c32-23-6-1-7-25(27(23)34)44-21-8-9-22(24(33)13-21)28-26-29(36)38-17-39-30(26)42(40-28)20-5-3-11-41(16-20)31(43)19(14-35)12-18-4-2-10-37-15-18/h1,6-9,12-13,17-18,20,37H,2-5,10-11,15-16H2,(H2,36,38,39)/t18?,20-/m0/s1. The molecule has 2 saturated heterocycles. The smallest absolute Gasteiger partial charge is 0.264 e. The highest BCUT2D eigenvalue weighted by molar-refractivity contribution is 5.99. The minimum Gasteiger partial charge on any atom is -0.454 e. The zero-order valence-corrected chi connectivity index (χ0v) is 23.6. The third-order valence-corrected chi connectivity index (χ3v) is 7.98. The maximum atomic E-state index is 15.5. The average Bonchev–Trinajstić information content (AvgIpc) is 3.43. The van der Waals surface area contributed by atoms with E-state index in [1.54, 1.807) is 15.7 Å². The Kier molecular flexibility index (Phi) is 8.17. The van der Waals surface area contributed by atoms with Crippen LogP contribution in [0.25, 0.3) is 22.3 Å². The lowest BCUT2D eigenvalue weighted by molar-refractivity contribution is -0.128. The van der Waals surface area contributed by atoms with Crippen molar-refractivity contribution in [2.24, 2.45) is 5.92 Å². The lowest BCUT2D eigenvalue weighted by Gasteiger charge is -2.33. The van der Waals surface area contributed by atoms with Gasteiger partial charge in [0, 0.05) is 31.3 Å². The van der Waals surface area contributed by atoms with Crippen molar-refractivity contribution in [2.75, 3.05) is 31.9 Å². The van der Waals surface area contributed by atoms with Crippen LogP contribution < -0.4 is 15.8 Å². The van der Waals surface area contributed by atoms with Gasteiger partial charge < -0.3 is 20.7 Å². The lowest BCUT2D eigenvalue weighted by Crippen LogP contribution is -2.41. The van der Waals surface area contributed by atoms with Gasteiger partial charge in [0.15, 0.2) is 17.2 Å². The third-order valence-electron chi connectivity index (χ3n) is 7.98. The van der Waals surface area contributed by atoms with E-state index in [9.17, 15) is 18.8 Å². The average molecular weight is 603 g/mol. The van der Waals surface area contributed by atoms with Gasteiger partial charge in [-0.15, -0.1) is 0 Å². The van der Waals surface area contributed by atoms with Gasteiger partial charge in [-0.1, -0.05) is 12.1 Å². The normalized spacial score (nSPS) is 19.1. The van der Waals surface area contributed by atoms with E-state index in [1.165, 1.54) is 30.6 Å². The molecule has 2 fully saturated rings. The van der Waals surface area contributed by atoms with Gasteiger partial charge in [-0.2, -0.15) is 14.8 Å². The largest absolute Gasteiger partial charge is 0.454 e. The van der Waals surface area contributed by atoms with Gasteiger partial charge in [-0.3, -0.25) is 4.79 Å². The Hall–Kier alpha value is -4.96. The fourth-order valence-electron chi connectivity index (χ4n) is 5.80. The number of piperidine rings is 2. The molecule has 6 rings (SSSR count). The highest BCUT2D eigenvalue weighted by atomic mass is 19.2. The number of fused-ring (bicyclic) bond motifs is 1. The number of nitrogens with zero attached hydrogens (tertiary/aromatic N) is 6. The molecule has 226 valence electrons. The van der Waals surface area contributed by atoms with E-state index in [-0.39, 0.29) is 58.6 Å². The second-order valence-electron chi connectivity index (χ2n) is 10.9. The first-order valence-corrected chi connectivity index (χ1v) is 14.4. The number of ether oxygens (including phenoxy) is 1. The van der Waals surface area contributed by atoms with Crippen LogP contribution in [0.15, 0.2) is 54.4 Å². The molecule has 2 atom stereocenters. The summed E-state index contributed by atoms with van der Waals surface area (Å²) in [5, 5.41) is 18.1. The first-order chi connectivity index (χ1) is 21.3. The van der Waals surface area contributed by atoms with E-state index in [4.69, 9.17) is 15.6 Å². The number of nitrogen functional groups attached to an aromatic ring is 1. The van der Waals surface area contributed by atoms with Crippen molar-refractivity contribution in [2.45, 2.75) is 31.7 Å². The lowest BCUT2D eigenvalue weighted by atomic mass is 9.96. The molecule has 0 spiro atoms. The molecule has 2 aromatic carbocycles. The number of carbonyl (C=O) groups excluding carboxylic acids is 1. The molecule has 1 unspecified atom stereocenters. The van der Waals surface area contributed by atoms with Crippen LogP contribution in [-0.2, 0) is 4.79 Å². The number of halogens is 3. The molecule has 0 saturated carbocycles. The van der Waals surface area contributed by atoms with Gasteiger partial charge in [0.1, 0.15) is 41.0 Å². The number of benzene rings is 2. The summed E-state index contributed by atoms with van der Waals surface area (Å²) in [6, 6.07) is 9.09. The second kappa shape index (κ2) is 12.3. The Bertz CT molecular complexity index is 1790. The monoisotopic (exact) mass is 602 g/mol. The number of aromatic nitrogens is 4. The van der Waals surface area contributed by atoms with Crippen molar-refractivity contribution < 1.29 is 22.7 Å². The van der Waals surface area contributed by atoms with Crippen molar-refractivity contribution in [1.29, 1.82) is 5.26 Å². The van der Waals surface area contributed by atoms with Crippen LogP contribution in [0, 0.1) is 34.7 Å². The van der Waals surface area contributed by atoms with E-state index in [2.05, 4.69) is 21.4 Å². The Morgan fingerprint density at radius 1 is 1.14 bits per heavy atom. The molecule has 10 nitrogen and oxygen atoms in total. The number of amides is 1. The number of nitrogens with two attached hydrogens (primary N) is 1. The van der Waals surface area contributed by atoms with Crippen molar-refractivity contribution >= 4 is 22.8 Å². The number of rotatable bonds is 6. The molecule has 3 N–H and O–H groups in total. The molecule has 0 radical (unpaired) electrons. The van der Waals surface area contributed by atoms with Crippen molar-refractivity contribution in [1.82, 2.24) is 30.0 Å². The highest BCUT2D eigenvalue weighted by Gasteiger charge is 2.31. The maximum Gasteiger partial charge on any atom is 0.264 e. The molecule has 44 heavy (non-hydrogen) atoms. The zero-order valence-electron chi connectivity index (χ0n) is 23.6. The summed E-state index contributed by atoms with van der Waals surface area (Å²) in [4.78, 5) is 23.5. The van der Waals surface area contributed by atoms with Gasteiger partial charge in [0.25, 0.3) is 5.91 Å². The fraction of sp³-hybridized carbons (Fsp3) is 0.323. The Morgan fingerprint density at radius 2 is 2.00 bits per heavy atom. The number of hydrogen-bond acceptors (Lipinski definition) is 8. The second-order valence-corrected chi connectivity index (χ2v) is 10.9. The van der Waals surface area contributed by atoms with E-state index >= 15 is 4.39 Å². The first kappa shape index (κ1) is 29.1. The molecule has 2 aliphatic rings. The molecule has 4 heterocycles. The van der Waals surface area contributed by atoms with Crippen LogP contribution in [-0.4, -0.2) is 56.7 Å². The van der Waals surface area contributed by atoms with Crippen molar-refractivity contribution in [3.05, 3.63) is 71.8 Å². The predicted molar refractivity (Wildman–Crippen MR) is 156 cm³/mol. The quantitative estimate of drug-likeness (QED) is 0.235. The van der Waals surface area contributed by atoms with E-state index < -0.39 is 17.5 Å². The number of nitriles is 1. The number of carbonyl (C=O) groups is 1. The SMILES string of the molecule is N#CC(=CC1CCCNC1)C(=O)N1CCC[C@H](n2nc(-c3ccc(Oc4cccc(F)c4F)cc3F)c3c(N)ncnc32)C1. The van der Waals surface area contributed by atoms with E-state index in [0.29, 0.717) is 30.4 Å². The molecule has 2 aromatic heterocycles. The molecule has 13 heteroatoms. The molecular weight excluding hydrogens is 573 g/mol. The molecule has 4 aromatic rings. The molecule has 2 aliphatic heterocycles. The summed E-state index contributed by atoms with van der Waals surface area (Å²) in [7, 11) is 0. The van der Waals surface area contributed by atoms with Crippen LogP contribution in [0.2, 0.25) is 0 Å². The predicted octanol–water partition coefficient (Wildman–Crippen LogP) is 4.90. The van der Waals surface area contributed by atoms with Crippen molar-refractivity contribution in [3.63, 3.8) is 0 Å². The number of anilines is 1. The summed E-state index contributed by atoms with van der Waals surface area (Å²) in [6.45, 7) is 2.42. The van der Waals surface area contributed by atoms with Crippen LogP contribution in [0.1, 0.15) is 31.7 Å². The third kappa shape index (κ3) is 5.68. The summed E-state index contributed by atoms with van der Waals surface area (Å²) in [6.07, 6.45) is 6.29. The van der Waals surface area contributed by atoms with Crippen molar-refractivity contribution in [3.8, 4) is 28.8 Å². The van der Waals surface area contributed by atoms with Gasteiger partial charge in [0.2, 0.25) is 5.82 Å². The van der Waals surface area contributed by atoms with Gasteiger partial charge in [-0.05, 0) is 62.4 Å². The number of hydrogen-bond donors (Lipinski definition) is 2. The van der Waals surface area contributed by atoms with Gasteiger partial charge in [0.05, 0.1) is 11.4 Å². The van der Waals surface area contributed by atoms with Crippen LogP contribution in [0.5, 0.6) is 11.5 Å². The summed E-state index contributed by atoms with van der Waals surface area (Å²) in [5.41, 5.74) is 6.98. The van der Waals surface area contributed by atoms with Gasteiger partial charge >= 0.3 is 0 Å². The minimum atomic E-state index is -1.19. The molecule has 0 bridgehead atoms. The summed E-state index contributed by atoms with van der Waals surface area (Å²) >= 11 is 0. The minimum absolute atomic E-state index is 0.0458. The number of nitrogens with one attached hydrogen (secondary N) is 1. The highest BCUT2D eigenvalue weighted by Crippen LogP contribution is 2.37. The van der Waals surface area contributed by atoms with Crippen LogP contribution >= 0.6 is 0 Å². The van der Waals surface area contributed by atoms with E-state index in [0.717, 1.165) is 38.1 Å². The van der Waals surface area contributed by atoms with Crippen LogP contribution in [0.3, 0.4) is 0 Å². The Morgan fingerprint density at radius 3 is 2.77 bits per heavy atom. The Labute approximate surface area is 250 Å². The van der Waals surface area contributed by atoms with Crippen LogP contribution in [0.4, 0.5) is 19.0 Å². The fourth-order valence-corrected chi connectivity index (χ4v) is 5.80.